The van der Waals surface area contributed by atoms with Gasteiger partial charge in [0.15, 0.2) is 5.15 Å². The molecule has 2 aromatic heterocycles. The molecule has 2 N–H and O–H groups in total. The van der Waals surface area contributed by atoms with Crippen LogP contribution in [0.1, 0.15) is 17.0 Å². The normalized spacial score (nSPS) is 11.3. The highest BCUT2D eigenvalue weighted by molar-refractivity contribution is 6.34. The molecule has 0 radical (unpaired) electrons. The molecule has 1 aromatic carbocycles. The summed E-state index contributed by atoms with van der Waals surface area (Å²) in [5.74, 6) is 0.793. The Bertz CT molecular complexity index is 740. The van der Waals surface area contributed by atoms with Gasteiger partial charge in [0.1, 0.15) is 5.76 Å². The number of nitrogen functional groups attached to an aromatic ring is 1. The van der Waals surface area contributed by atoms with Crippen molar-refractivity contribution in [3.63, 3.8) is 0 Å². The first-order valence-electron chi connectivity index (χ1n) is 5.89. The van der Waals surface area contributed by atoms with Crippen molar-refractivity contribution < 1.29 is 4.52 Å². The third kappa shape index (κ3) is 1.96. The molecule has 0 unspecified atom stereocenters. The molecule has 19 heavy (non-hydrogen) atoms. The molecular formula is C13H13ClN4O. The van der Waals surface area contributed by atoms with E-state index in [2.05, 4.69) is 10.3 Å². The Morgan fingerprint density at radius 3 is 2.84 bits per heavy atom. The van der Waals surface area contributed by atoms with Crippen LogP contribution in [0.5, 0.6) is 0 Å². The van der Waals surface area contributed by atoms with Crippen LogP contribution in [0.2, 0.25) is 5.15 Å². The molecule has 3 rings (SSSR count). The summed E-state index contributed by atoms with van der Waals surface area (Å²) in [5, 5.41) is 9.65. The largest absolute Gasteiger partial charge is 0.399 e. The summed E-state index contributed by atoms with van der Waals surface area (Å²) < 4.78 is 6.98. The van der Waals surface area contributed by atoms with Gasteiger partial charge < -0.3 is 10.3 Å². The minimum absolute atomic E-state index is 0.474. The van der Waals surface area contributed by atoms with E-state index < -0.39 is 0 Å². The van der Waals surface area contributed by atoms with Gasteiger partial charge in [0.2, 0.25) is 0 Å². The van der Waals surface area contributed by atoms with Crippen LogP contribution >= 0.6 is 11.6 Å². The smallest absolute Gasteiger partial charge is 0.158 e. The van der Waals surface area contributed by atoms with Crippen molar-refractivity contribution in [2.45, 2.75) is 20.4 Å². The summed E-state index contributed by atoms with van der Waals surface area (Å²) >= 11 is 6.14. The third-order valence-electron chi connectivity index (χ3n) is 3.22. The van der Waals surface area contributed by atoms with E-state index in [4.69, 9.17) is 21.9 Å². The molecule has 2 heterocycles. The third-order valence-corrected chi connectivity index (χ3v) is 3.50. The number of fused-ring (bicyclic) bond motifs is 1. The van der Waals surface area contributed by atoms with Crippen molar-refractivity contribution >= 4 is 28.2 Å². The van der Waals surface area contributed by atoms with E-state index in [0.29, 0.717) is 17.4 Å². The number of aromatic nitrogens is 3. The fourth-order valence-corrected chi connectivity index (χ4v) is 2.40. The molecule has 0 saturated heterocycles. The summed E-state index contributed by atoms with van der Waals surface area (Å²) in [7, 11) is 0. The second-order valence-electron chi connectivity index (χ2n) is 4.53. The second-order valence-corrected chi connectivity index (χ2v) is 4.89. The number of hydrogen-bond acceptors (Lipinski definition) is 4. The number of halogens is 1. The van der Waals surface area contributed by atoms with Crippen molar-refractivity contribution in [1.29, 1.82) is 0 Å². The molecule has 0 bridgehead atoms. The Hall–Kier alpha value is -2.01. The van der Waals surface area contributed by atoms with E-state index >= 15 is 0 Å². The first kappa shape index (κ1) is 12.0. The molecular weight excluding hydrogens is 264 g/mol. The number of nitrogens with zero attached hydrogens (tertiary/aromatic N) is 3. The lowest BCUT2D eigenvalue weighted by atomic mass is 10.2. The zero-order valence-electron chi connectivity index (χ0n) is 10.6. The number of rotatable bonds is 2. The molecule has 0 atom stereocenters. The van der Waals surface area contributed by atoms with Gasteiger partial charge in [0.25, 0.3) is 0 Å². The van der Waals surface area contributed by atoms with Gasteiger partial charge in [-0.05, 0) is 32.0 Å². The van der Waals surface area contributed by atoms with Crippen LogP contribution in [-0.4, -0.2) is 14.9 Å². The predicted octanol–water partition coefficient (Wildman–Crippen LogP) is 2.93. The van der Waals surface area contributed by atoms with Gasteiger partial charge in [-0.2, -0.15) is 5.10 Å². The van der Waals surface area contributed by atoms with Crippen LogP contribution < -0.4 is 5.73 Å². The predicted molar refractivity (Wildman–Crippen MR) is 74.2 cm³/mol. The van der Waals surface area contributed by atoms with Gasteiger partial charge >= 0.3 is 0 Å². The van der Waals surface area contributed by atoms with E-state index in [1.54, 1.807) is 0 Å². The first-order valence-corrected chi connectivity index (χ1v) is 6.27. The number of benzene rings is 1. The maximum absolute atomic E-state index is 6.14. The van der Waals surface area contributed by atoms with E-state index in [1.165, 1.54) is 0 Å². The maximum Gasteiger partial charge on any atom is 0.158 e. The van der Waals surface area contributed by atoms with Gasteiger partial charge in [-0.3, -0.25) is 4.68 Å². The lowest BCUT2D eigenvalue weighted by Gasteiger charge is -2.03. The molecule has 0 aliphatic heterocycles. The van der Waals surface area contributed by atoms with E-state index in [1.807, 2.05) is 36.7 Å². The molecule has 0 aliphatic rings. The van der Waals surface area contributed by atoms with Crippen molar-refractivity contribution in [3.8, 4) is 0 Å². The molecule has 0 amide bonds. The number of anilines is 1. The van der Waals surface area contributed by atoms with Crippen LogP contribution in [0.3, 0.4) is 0 Å². The van der Waals surface area contributed by atoms with E-state index in [9.17, 15) is 0 Å². The van der Waals surface area contributed by atoms with Crippen molar-refractivity contribution in [1.82, 2.24) is 14.9 Å². The summed E-state index contributed by atoms with van der Waals surface area (Å²) in [5.41, 5.74) is 9.29. The average Bonchev–Trinajstić information content (AvgIpc) is 2.84. The zero-order valence-corrected chi connectivity index (χ0v) is 11.4. The summed E-state index contributed by atoms with van der Waals surface area (Å²) in [6.45, 7) is 4.36. The Morgan fingerprint density at radius 2 is 2.16 bits per heavy atom. The minimum Gasteiger partial charge on any atom is -0.399 e. The van der Waals surface area contributed by atoms with Crippen LogP contribution in [0, 0.1) is 13.8 Å². The van der Waals surface area contributed by atoms with Crippen LogP contribution in [0.15, 0.2) is 22.7 Å². The number of nitrogens with two attached hydrogens (primary N) is 1. The molecule has 5 nitrogen and oxygen atoms in total. The molecule has 0 saturated carbocycles. The van der Waals surface area contributed by atoms with Crippen molar-refractivity contribution in [2.75, 3.05) is 5.73 Å². The highest BCUT2D eigenvalue weighted by Crippen LogP contribution is 2.26. The maximum atomic E-state index is 6.14. The second kappa shape index (κ2) is 4.28. The summed E-state index contributed by atoms with van der Waals surface area (Å²) in [6.07, 6.45) is 0. The molecule has 0 aliphatic carbocycles. The quantitative estimate of drug-likeness (QED) is 0.731. The van der Waals surface area contributed by atoms with Crippen molar-refractivity contribution in [2.24, 2.45) is 0 Å². The highest BCUT2D eigenvalue weighted by atomic mass is 35.5. The molecule has 0 spiro atoms. The lowest BCUT2D eigenvalue weighted by molar-refractivity contribution is 0.392. The monoisotopic (exact) mass is 276 g/mol. The fraction of sp³-hybridized carbons (Fsp3) is 0.231. The van der Waals surface area contributed by atoms with E-state index in [0.717, 1.165) is 27.9 Å². The number of hydrogen-bond donors (Lipinski definition) is 1. The Balaban J connectivity index is 2.13. The zero-order chi connectivity index (χ0) is 13.6. The Kier molecular flexibility index (Phi) is 2.71. The van der Waals surface area contributed by atoms with Crippen molar-refractivity contribution in [3.05, 3.63) is 40.4 Å². The minimum atomic E-state index is 0.474. The average molecular weight is 277 g/mol. The molecule has 0 fully saturated rings. The standard InChI is InChI=1S/C13H13ClN4O/c1-7-11(8(2)19-17-7)6-18-12-5-9(15)3-4-10(12)13(14)16-18/h3-5H,6,15H2,1-2H3. The molecule has 98 valence electrons. The summed E-state index contributed by atoms with van der Waals surface area (Å²) in [4.78, 5) is 0. The fourth-order valence-electron chi connectivity index (χ4n) is 2.15. The topological polar surface area (TPSA) is 69.9 Å². The molecule has 3 aromatic rings. The van der Waals surface area contributed by atoms with Gasteiger partial charge in [0.05, 0.1) is 17.8 Å². The van der Waals surface area contributed by atoms with Gasteiger partial charge in [-0.1, -0.05) is 16.8 Å². The lowest BCUT2D eigenvalue weighted by Crippen LogP contribution is -2.03. The van der Waals surface area contributed by atoms with Gasteiger partial charge in [-0.25, -0.2) is 0 Å². The Morgan fingerprint density at radius 1 is 1.37 bits per heavy atom. The first-order chi connectivity index (χ1) is 9.06. The SMILES string of the molecule is Cc1noc(C)c1Cn1nc(Cl)c2ccc(N)cc21. The van der Waals surface area contributed by atoms with E-state index in [-0.39, 0.29) is 0 Å². The Labute approximate surface area is 114 Å². The molecule has 6 heteroatoms. The van der Waals surface area contributed by atoms with Gasteiger partial charge in [0, 0.05) is 16.6 Å². The van der Waals surface area contributed by atoms with Crippen LogP contribution in [0.25, 0.3) is 10.9 Å². The van der Waals surface area contributed by atoms with Gasteiger partial charge in [-0.15, -0.1) is 0 Å². The summed E-state index contributed by atoms with van der Waals surface area (Å²) in [6, 6.07) is 5.56. The van der Waals surface area contributed by atoms with Crippen LogP contribution in [-0.2, 0) is 6.54 Å². The van der Waals surface area contributed by atoms with Crippen LogP contribution in [0.4, 0.5) is 5.69 Å². The highest BCUT2D eigenvalue weighted by Gasteiger charge is 2.14. The number of aryl methyl sites for hydroxylation is 2.